The highest BCUT2D eigenvalue weighted by molar-refractivity contribution is 7.10. The van der Waals surface area contributed by atoms with E-state index in [9.17, 15) is 4.79 Å². The summed E-state index contributed by atoms with van der Waals surface area (Å²) in [6.45, 7) is 2.15. The summed E-state index contributed by atoms with van der Waals surface area (Å²) in [5.74, 6) is -0.787. The van der Waals surface area contributed by atoms with Crippen LogP contribution in [0.15, 0.2) is 23.1 Å². The lowest BCUT2D eigenvalue weighted by molar-refractivity contribution is -0.132. The molecule has 0 spiro atoms. The first-order valence-electron chi connectivity index (χ1n) is 5.71. The molecule has 88 valence electrons. The molecule has 0 saturated heterocycles. The summed E-state index contributed by atoms with van der Waals surface area (Å²) < 4.78 is 0. The number of carbonyl (C=O) groups is 1. The molecule has 0 saturated carbocycles. The highest BCUT2D eigenvalue weighted by Gasteiger charge is 2.07. The molecule has 1 rings (SSSR count). The van der Waals surface area contributed by atoms with E-state index in [-0.39, 0.29) is 0 Å². The van der Waals surface area contributed by atoms with Crippen molar-refractivity contribution < 1.29 is 9.90 Å². The van der Waals surface area contributed by atoms with E-state index in [1.807, 2.05) is 17.5 Å². The highest BCUT2D eigenvalue weighted by atomic mass is 32.1. The standard InChI is InChI=1S/C13H18O2S/c1-2-3-4-5-7-11(13(14)15)10-12-8-6-9-16-12/h6,8-10H,2-5,7H2,1H3,(H,14,15)/b11-10+. The van der Waals surface area contributed by atoms with E-state index < -0.39 is 5.97 Å². The van der Waals surface area contributed by atoms with E-state index in [0.717, 1.165) is 17.7 Å². The molecule has 1 aromatic heterocycles. The molecule has 0 aromatic carbocycles. The van der Waals surface area contributed by atoms with Gasteiger partial charge in [0.15, 0.2) is 0 Å². The van der Waals surface area contributed by atoms with Crippen LogP contribution in [-0.2, 0) is 4.79 Å². The van der Waals surface area contributed by atoms with Gasteiger partial charge in [0.05, 0.1) is 0 Å². The van der Waals surface area contributed by atoms with Gasteiger partial charge in [0.1, 0.15) is 0 Å². The van der Waals surface area contributed by atoms with Crippen molar-refractivity contribution in [3.05, 3.63) is 28.0 Å². The smallest absolute Gasteiger partial charge is 0.331 e. The molecule has 0 aliphatic rings. The fourth-order valence-corrected chi connectivity index (χ4v) is 2.21. The average molecular weight is 238 g/mol. The number of carboxylic acid groups (broad SMARTS) is 1. The van der Waals surface area contributed by atoms with Crippen molar-refractivity contribution in [2.45, 2.75) is 39.0 Å². The lowest BCUT2D eigenvalue weighted by Crippen LogP contribution is -2.00. The Labute approximate surface area is 101 Å². The zero-order chi connectivity index (χ0) is 11.8. The third kappa shape index (κ3) is 4.62. The number of carboxylic acids is 1. The fraction of sp³-hybridized carbons (Fsp3) is 0.462. The molecule has 0 atom stereocenters. The normalized spacial score (nSPS) is 11.7. The number of rotatable bonds is 7. The van der Waals surface area contributed by atoms with Gasteiger partial charge in [-0.1, -0.05) is 32.3 Å². The summed E-state index contributed by atoms with van der Waals surface area (Å²) in [7, 11) is 0. The molecular formula is C13H18O2S. The van der Waals surface area contributed by atoms with Crippen LogP contribution in [0.3, 0.4) is 0 Å². The van der Waals surface area contributed by atoms with Gasteiger partial charge in [-0.3, -0.25) is 0 Å². The van der Waals surface area contributed by atoms with E-state index in [2.05, 4.69) is 6.92 Å². The van der Waals surface area contributed by atoms with Crippen LogP contribution in [0, 0.1) is 0 Å². The monoisotopic (exact) mass is 238 g/mol. The summed E-state index contributed by atoms with van der Waals surface area (Å²) >= 11 is 1.57. The van der Waals surface area contributed by atoms with Gasteiger partial charge < -0.3 is 5.11 Å². The van der Waals surface area contributed by atoms with Crippen molar-refractivity contribution in [2.75, 3.05) is 0 Å². The quantitative estimate of drug-likeness (QED) is 0.571. The Kier molecular flexibility index (Phi) is 5.86. The topological polar surface area (TPSA) is 37.3 Å². The number of aliphatic carboxylic acids is 1. The molecule has 0 unspecified atom stereocenters. The minimum atomic E-state index is -0.787. The SMILES string of the molecule is CCCCCC/C(=C\c1cccs1)C(=O)O. The third-order valence-electron chi connectivity index (χ3n) is 2.43. The van der Waals surface area contributed by atoms with Gasteiger partial charge in [0, 0.05) is 10.5 Å². The van der Waals surface area contributed by atoms with Crippen LogP contribution in [0.5, 0.6) is 0 Å². The molecule has 2 nitrogen and oxygen atoms in total. The molecular weight excluding hydrogens is 220 g/mol. The minimum absolute atomic E-state index is 0.526. The molecule has 1 heterocycles. The van der Waals surface area contributed by atoms with Crippen LogP contribution in [0.1, 0.15) is 43.9 Å². The average Bonchev–Trinajstić information content (AvgIpc) is 2.75. The Morgan fingerprint density at radius 2 is 2.25 bits per heavy atom. The summed E-state index contributed by atoms with van der Waals surface area (Å²) in [6, 6.07) is 3.88. The summed E-state index contributed by atoms with van der Waals surface area (Å²) in [4.78, 5) is 12.0. The van der Waals surface area contributed by atoms with Crippen LogP contribution >= 0.6 is 11.3 Å². The second-order valence-corrected chi connectivity index (χ2v) is 4.78. The van der Waals surface area contributed by atoms with Crippen molar-refractivity contribution in [1.29, 1.82) is 0 Å². The molecule has 1 N–H and O–H groups in total. The number of unbranched alkanes of at least 4 members (excludes halogenated alkanes) is 3. The first-order valence-corrected chi connectivity index (χ1v) is 6.59. The van der Waals surface area contributed by atoms with Crippen LogP contribution in [-0.4, -0.2) is 11.1 Å². The Morgan fingerprint density at radius 3 is 2.81 bits per heavy atom. The Hall–Kier alpha value is -1.09. The van der Waals surface area contributed by atoms with Crippen molar-refractivity contribution in [3.8, 4) is 0 Å². The Bertz CT molecular complexity index is 339. The van der Waals surface area contributed by atoms with Crippen molar-refractivity contribution in [3.63, 3.8) is 0 Å². The number of hydrogen-bond acceptors (Lipinski definition) is 2. The van der Waals surface area contributed by atoms with Gasteiger partial charge in [-0.15, -0.1) is 11.3 Å². The minimum Gasteiger partial charge on any atom is -0.478 e. The third-order valence-corrected chi connectivity index (χ3v) is 3.25. The molecule has 0 amide bonds. The lowest BCUT2D eigenvalue weighted by Gasteiger charge is -2.01. The zero-order valence-electron chi connectivity index (χ0n) is 9.61. The molecule has 16 heavy (non-hydrogen) atoms. The van der Waals surface area contributed by atoms with Gasteiger partial charge >= 0.3 is 5.97 Å². The molecule has 0 aliphatic carbocycles. The zero-order valence-corrected chi connectivity index (χ0v) is 10.4. The second-order valence-electron chi connectivity index (χ2n) is 3.80. The van der Waals surface area contributed by atoms with Crippen molar-refractivity contribution in [2.24, 2.45) is 0 Å². The molecule has 3 heteroatoms. The Morgan fingerprint density at radius 1 is 1.44 bits per heavy atom. The summed E-state index contributed by atoms with van der Waals surface area (Å²) in [6.07, 6.45) is 6.91. The maximum Gasteiger partial charge on any atom is 0.331 e. The van der Waals surface area contributed by atoms with Gasteiger partial charge in [-0.05, 0) is 30.4 Å². The predicted octanol–water partition coefficient (Wildman–Crippen LogP) is 4.19. The molecule has 0 bridgehead atoms. The number of hydrogen-bond donors (Lipinski definition) is 1. The van der Waals surface area contributed by atoms with E-state index in [1.165, 1.54) is 12.8 Å². The van der Waals surface area contributed by atoms with Crippen LogP contribution in [0.4, 0.5) is 0 Å². The van der Waals surface area contributed by atoms with Crippen LogP contribution in [0.25, 0.3) is 6.08 Å². The first kappa shape index (κ1) is 13.0. The molecule has 0 radical (unpaired) electrons. The van der Waals surface area contributed by atoms with Crippen molar-refractivity contribution in [1.82, 2.24) is 0 Å². The maximum atomic E-state index is 11.0. The highest BCUT2D eigenvalue weighted by Crippen LogP contribution is 2.17. The van der Waals surface area contributed by atoms with E-state index >= 15 is 0 Å². The van der Waals surface area contributed by atoms with Crippen LogP contribution in [0.2, 0.25) is 0 Å². The lowest BCUT2D eigenvalue weighted by atomic mass is 10.1. The second kappa shape index (κ2) is 7.23. The maximum absolute atomic E-state index is 11.0. The molecule has 1 aromatic rings. The predicted molar refractivity (Wildman–Crippen MR) is 68.7 cm³/mol. The van der Waals surface area contributed by atoms with Crippen molar-refractivity contribution >= 4 is 23.4 Å². The molecule has 0 fully saturated rings. The Balaban J connectivity index is 2.51. The van der Waals surface area contributed by atoms with Crippen LogP contribution < -0.4 is 0 Å². The van der Waals surface area contributed by atoms with Gasteiger partial charge in [-0.25, -0.2) is 4.79 Å². The van der Waals surface area contributed by atoms with E-state index in [0.29, 0.717) is 12.0 Å². The largest absolute Gasteiger partial charge is 0.478 e. The van der Waals surface area contributed by atoms with Gasteiger partial charge in [0.2, 0.25) is 0 Å². The number of thiophene rings is 1. The van der Waals surface area contributed by atoms with E-state index in [4.69, 9.17) is 5.11 Å². The van der Waals surface area contributed by atoms with E-state index in [1.54, 1.807) is 17.4 Å². The molecule has 0 aliphatic heterocycles. The van der Waals surface area contributed by atoms with Gasteiger partial charge in [0.25, 0.3) is 0 Å². The van der Waals surface area contributed by atoms with Gasteiger partial charge in [-0.2, -0.15) is 0 Å². The fourth-order valence-electron chi connectivity index (χ4n) is 1.53. The first-order chi connectivity index (χ1) is 7.74. The summed E-state index contributed by atoms with van der Waals surface area (Å²) in [5.41, 5.74) is 0.526. The summed E-state index contributed by atoms with van der Waals surface area (Å²) in [5, 5.41) is 11.0.